The van der Waals surface area contributed by atoms with Gasteiger partial charge in [0.1, 0.15) is 5.54 Å². The van der Waals surface area contributed by atoms with Crippen LogP contribution in [0.15, 0.2) is 18.2 Å². The lowest BCUT2D eigenvalue weighted by atomic mass is 10.1. The van der Waals surface area contributed by atoms with Gasteiger partial charge in [0, 0.05) is 18.7 Å². The lowest BCUT2D eigenvalue weighted by Gasteiger charge is -2.16. The number of hydrogen-bond donors (Lipinski definition) is 2. The van der Waals surface area contributed by atoms with Crippen molar-refractivity contribution in [2.24, 2.45) is 0 Å². The summed E-state index contributed by atoms with van der Waals surface area (Å²) < 4.78 is 4.65. The van der Waals surface area contributed by atoms with Gasteiger partial charge in [-0.3, -0.25) is 14.5 Å². The highest BCUT2D eigenvalue weighted by molar-refractivity contribution is 6.07. The number of hydrogen-bond acceptors (Lipinski definition) is 5. The number of nitrogens with zero attached hydrogens (tertiary/aromatic N) is 1. The normalized spacial score (nSPS) is 15.8. The lowest BCUT2D eigenvalue weighted by molar-refractivity contribution is -0.130. The van der Waals surface area contributed by atoms with Crippen LogP contribution in [0.2, 0.25) is 0 Å². The highest BCUT2D eigenvalue weighted by atomic mass is 16.5. The topological polar surface area (TPSA) is 105 Å². The van der Waals surface area contributed by atoms with Gasteiger partial charge in [0.05, 0.1) is 12.7 Å². The van der Waals surface area contributed by atoms with Gasteiger partial charge in [-0.25, -0.2) is 9.59 Å². The number of carbonyl (C=O) groups excluding carboxylic acids is 4. The summed E-state index contributed by atoms with van der Waals surface area (Å²) in [6.45, 7) is 4.98. The summed E-state index contributed by atoms with van der Waals surface area (Å²) in [6.07, 6.45) is -0.0445. The van der Waals surface area contributed by atoms with Crippen LogP contribution in [0.5, 0.6) is 0 Å². The van der Waals surface area contributed by atoms with Crippen LogP contribution >= 0.6 is 0 Å². The maximum Gasteiger partial charge on any atom is 0.337 e. The van der Waals surface area contributed by atoms with E-state index in [1.54, 1.807) is 32.9 Å². The molecule has 0 saturated carbocycles. The number of anilines is 1. The molecule has 0 atom stereocenters. The second-order valence-electron chi connectivity index (χ2n) is 6.33. The van der Waals surface area contributed by atoms with Crippen molar-refractivity contribution >= 4 is 29.5 Å². The quantitative estimate of drug-likeness (QED) is 0.619. The zero-order valence-electron chi connectivity index (χ0n) is 14.6. The van der Waals surface area contributed by atoms with Crippen LogP contribution in [0.25, 0.3) is 0 Å². The van der Waals surface area contributed by atoms with Gasteiger partial charge in [-0.05, 0) is 38.5 Å². The van der Waals surface area contributed by atoms with E-state index in [4.69, 9.17) is 0 Å². The number of benzene rings is 1. The van der Waals surface area contributed by atoms with E-state index in [1.165, 1.54) is 13.2 Å². The van der Waals surface area contributed by atoms with Crippen molar-refractivity contribution in [1.82, 2.24) is 10.2 Å². The Morgan fingerprint density at radius 2 is 1.96 bits per heavy atom. The maximum atomic E-state index is 12.1. The summed E-state index contributed by atoms with van der Waals surface area (Å²) in [5.74, 6) is -1.23. The fourth-order valence-corrected chi connectivity index (χ4v) is 2.45. The van der Waals surface area contributed by atoms with E-state index >= 15 is 0 Å². The van der Waals surface area contributed by atoms with Gasteiger partial charge < -0.3 is 15.4 Å². The number of esters is 1. The molecule has 0 aromatic heterocycles. The standard InChI is InChI=1S/C17H21N3O5/c1-10-5-6-11(14(22)25-4)9-12(10)18-13(21)7-8-20-15(23)17(2,3)19-16(20)24/h5-6,9H,7-8H2,1-4H3,(H,18,21)(H,19,24). The second-order valence-corrected chi connectivity index (χ2v) is 6.33. The summed E-state index contributed by atoms with van der Waals surface area (Å²) in [7, 11) is 1.28. The average Bonchev–Trinajstić information content (AvgIpc) is 2.74. The smallest absolute Gasteiger partial charge is 0.337 e. The van der Waals surface area contributed by atoms with E-state index < -0.39 is 17.5 Å². The number of urea groups is 1. The third-order valence-electron chi connectivity index (χ3n) is 3.94. The van der Waals surface area contributed by atoms with Crippen LogP contribution in [-0.2, 0) is 14.3 Å². The van der Waals surface area contributed by atoms with Gasteiger partial charge in [0.15, 0.2) is 0 Å². The van der Waals surface area contributed by atoms with E-state index in [0.29, 0.717) is 11.3 Å². The van der Waals surface area contributed by atoms with Gasteiger partial charge in [0.2, 0.25) is 5.91 Å². The molecule has 4 amide bonds. The summed E-state index contributed by atoms with van der Waals surface area (Å²) >= 11 is 0. The van der Waals surface area contributed by atoms with Crippen LogP contribution in [0.1, 0.15) is 36.2 Å². The van der Waals surface area contributed by atoms with Gasteiger partial charge in [-0.1, -0.05) is 6.07 Å². The molecule has 25 heavy (non-hydrogen) atoms. The Bertz CT molecular complexity index is 742. The molecule has 2 N–H and O–H groups in total. The zero-order chi connectivity index (χ0) is 18.8. The number of rotatable bonds is 5. The molecule has 1 aliphatic rings. The largest absolute Gasteiger partial charge is 0.465 e. The molecule has 2 rings (SSSR count). The molecule has 1 aromatic rings. The highest BCUT2D eigenvalue weighted by Crippen LogP contribution is 2.19. The van der Waals surface area contributed by atoms with Crippen molar-refractivity contribution in [3.63, 3.8) is 0 Å². The number of imide groups is 1. The first-order valence-corrected chi connectivity index (χ1v) is 7.78. The van der Waals surface area contributed by atoms with Crippen molar-refractivity contribution in [2.75, 3.05) is 19.0 Å². The van der Waals surface area contributed by atoms with Crippen molar-refractivity contribution < 1.29 is 23.9 Å². The first-order chi connectivity index (χ1) is 11.7. The van der Waals surface area contributed by atoms with E-state index in [0.717, 1.165) is 10.5 Å². The zero-order valence-corrected chi connectivity index (χ0v) is 14.6. The number of amides is 4. The molecule has 0 unspecified atom stereocenters. The van der Waals surface area contributed by atoms with Gasteiger partial charge >= 0.3 is 12.0 Å². The Morgan fingerprint density at radius 1 is 1.28 bits per heavy atom. The number of ether oxygens (including phenoxy) is 1. The van der Waals surface area contributed by atoms with Crippen LogP contribution in [0, 0.1) is 6.92 Å². The first-order valence-electron chi connectivity index (χ1n) is 7.78. The molecule has 1 aromatic carbocycles. The minimum atomic E-state index is -0.959. The average molecular weight is 347 g/mol. The molecule has 0 radical (unpaired) electrons. The molecule has 134 valence electrons. The van der Waals surface area contributed by atoms with Gasteiger partial charge in [-0.15, -0.1) is 0 Å². The van der Waals surface area contributed by atoms with Crippen LogP contribution in [-0.4, -0.2) is 47.9 Å². The SMILES string of the molecule is COC(=O)c1ccc(C)c(NC(=O)CCN2C(=O)NC(C)(C)C2=O)c1. The Morgan fingerprint density at radius 3 is 2.52 bits per heavy atom. The van der Waals surface area contributed by atoms with E-state index in [2.05, 4.69) is 15.4 Å². The summed E-state index contributed by atoms with van der Waals surface area (Å²) in [5, 5.41) is 5.24. The van der Waals surface area contributed by atoms with E-state index in [9.17, 15) is 19.2 Å². The molecular formula is C17H21N3O5. The predicted molar refractivity (Wildman–Crippen MR) is 90.1 cm³/mol. The Kier molecular flexibility index (Phi) is 5.10. The first kappa shape index (κ1) is 18.4. The number of methoxy groups -OCH3 is 1. The minimum absolute atomic E-state index is 0.0182. The third-order valence-corrected chi connectivity index (χ3v) is 3.94. The number of aryl methyl sites for hydroxylation is 1. The predicted octanol–water partition coefficient (Wildman–Crippen LogP) is 1.44. The van der Waals surface area contributed by atoms with Crippen molar-refractivity contribution in [3.05, 3.63) is 29.3 Å². The second kappa shape index (κ2) is 6.92. The van der Waals surface area contributed by atoms with Crippen molar-refractivity contribution in [2.45, 2.75) is 32.7 Å². The fourth-order valence-electron chi connectivity index (χ4n) is 2.45. The Hall–Kier alpha value is -2.90. The van der Waals surface area contributed by atoms with Crippen LogP contribution in [0.4, 0.5) is 10.5 Å². The highest BCUT2D eigenvalue weighted by Gasteiger charge is 2.43. The van der Waals surface area contributed by atoms with Crippen molar-refractivity contribution in [1.29, 1.82) is 0 Å². The Balaban J connectivity index is 2.00. The third kappa shape index (κ3) is 3.96. The van der Waals surface area contributed by atoms with E-state index in [-0.39, 0.29) is 24.8 Å². The molecule has 8 nitrogen and oxygen atoms in total. The van der Waals surface area contributed by atoms with E-state index in [1.807, 2.05) is 0 Å². The molecule has 1 fully saturated rings. The molecule has 0 spiro atoms. The lowest BCUT2D eigenvalue weighted by Crippen LogP contribution is -2.40. The van der Waals surface area contributed by atoms with Gasteiger partial charge in [-0.2, -0.15) is 0 Å². The monoisotopic (exact) mass is 347 g/mol. The molecule has 8 heteroatoms. The molecular weight excluding hydrogens is 326 g/mol. The summed E-state index contributed by atoms with van der Waals surface area (Å²) in [6, 6.07) is 4.32. The summed E-state index contributed by atoms with van der Waals surface area (Å²) in [4.78, 5) is 48.6. The molecule has 1 aliphatic heterocycles. The fraction of sp³-hybridized carbons (Fsp3) is 0.412. The molecule has 0 aliphatic carbocycles. The molecule has 1 saturated heterocycles. The molecule has 0 bridgehead atoms. The summed E-state index contributed by atoms with van der Waals surface area (Å²) in [5.41, 5.74) is 0.612. The number of nitrogens with one attached hydrogen (secondary N) is 2. The van der Waals surface area contributed by atoms with Crippen LogP contribution in [0.3, 0.4) is 0 Å². The van der Waals surface area contributed by atoms with Gasteiger partial charge in [0.25, 0.3) is 5.91 Å². The van der Waals surface area contributed by atoms with Crippen LogP contribution < -0.4 is 10.6 Å². The van der Waals surface area contributed by atoms with Crippen molar-refractivity contribution in [3.8, 4) is 0 Å². The Labute approximate surface area is 145 Å². The molecule has 1 heterocycles. The minimum Gasteiger partial charge on any atom is -0.465 e. The maximum absolute atomic E-state index is 12.1. The number of carbonyl (C=O) groups is 4.